The summed E-state index contributed by atoms with van der Waals surface area (Å²) in [6.45, 7) is 6.94. The number of rotatable bonds is 1. The Bertz CT molecular complexity index is 740. The summed E-state index contributed by atoms with van der Waals surface area (Å²) in [5, 5.41) is 7.44. The highest BCUT2D eigenvalue weighted by molar-refractivity contribution is 7.16. The summed E-state index contributed by atoms with van der Waals surface area (Å²) in [7, 11) is 0. The Morgan fingerprint density at radius 2 is 2.13 bits per heavy atom. The summed E-state index contributed by atoms with van der Waals surface area (Å²) in [6, 6.07) is 3.72. The number of fused-ring (bicyclic) bond motifs is 3. The Morgan fingerprint density at radius 3 is 2.83 bits per heavy atom. The molecule has 0 bridgehead atoms. The summed E-state index contributed by atoms with van der Waals surface area (Å²) in [5.74, 6) is 1.44. The van der Waals surface area contributed by atoms with Gasteiger partial charge >= 0.3 is 0 Å². The maximum atomic E-state index is 12.6. The first-order chi connectivity index (χ1) is 10.9. The van der Waals surface area contributed by atoms with Crippen LogP contribution in [0.4, 0.5) is 5.00 Å². The predicted octanol–water partition coefficient (Wildman–Crippen LogP) is 4.35. The molecule has 2 N–H and O–H groups in total. The van der Waals surface area contributed by atoms with Gasteiger partial charge in [-0.2, -0.15) is 0 Å². The van der Waals surface area contributed by atoms with E-state index < -0.39 is 0 Å². The molecule has 0 radical (unpaired) electrons. The van der Waals surface area contributed by atoms with Crippen LogP contribution in [0.15, 0.2) is 22.8 Å². The quantitative estimate of drug-likeness (QED) is 0.817. The molecule has 1 aliphatic heterocycles. The van der Waals surface area contributed by atoms with Gasteiger partial charge in [0.15, 0.2) is 6.17 Å². The van der Waals surface area contributed by atoms with Crippen LogP contribution in [0.1, 0.15) is 59.9 Å². The number of anilines is 1. The van der Waals surface area contributed by atoms with Crippen molar-refractivity contribution in [1.82, 2.24) is 5.32 Å². The van der Waals surface area contributed by atoms with E-state index in [-0.39, 0.29) is 12.1 Å². The van der Waals surface area contributed by atoms with E-state index in [1.807, 2.05) is 12.1 Å². The number of hydrogen-bond donors (Lipinski definition) is 2. The Morgan fingerprint density at radius 1 is 1.30 bits per heavy atom. The fraction of sp³-hybridized carbons (Fsp3) is 0.500. The second-order valence-corrected chi connectivity index (χ2v) is 8.69. The Kier molecular flexibility index (Phi) is 3.30. The second-order valence-electron chi connectivity index (χ2n) is 7.58. The minimum absolute atomic E-state index is 0.0202. The van der Waals surface area contributed by atoms with E-state index in [1.54, 1.807) is 17.6 Å². The molecule has 122 valence electrons. The van der Waals surface area contributed by atoms with Crippen molar-refractivity contribution in [2.75, 3.05) is 5.32 Å². The number of amides is 1. The van der Waals surface area contributed by atoms with E-state index in [9.17, 15) is 4.79 Å². The van der Waals surface area contributed by atoms with E-state index in [0.717, 1.165) is 35.6 Å². The molecule has 1 amide bonds. The molecular weight excluding hydrogens is 308 g/mol. The maximum absolute atomic E-state index is 12.6. The first-order valence-corrected chi connectivity index (χ1v) is 9.00. The molecule has 4 rings (SSSR count). The number of hydrogen-bond acceptors (Lipinski definition) is 4. The van der Waals surface area contributed by atoms with Gasteiger partial charge in [0.1, 0.15) is 10.8 Å². The van der Waals surface area contributed by atoms with Crippen LogP contribution in [0.3, 0.4) is 0 Å². The van der Waals surface area contributed by atoms with Gasteiger partial charge < -0.3 is 15.1 Å². The number of carbonyl (C=O) groups is 1. The molecule has 0 fully saturated rings. The van der Waals surface area contributed by atoms with Gasteiger partial charge in [-0.25, -0.2) is 0 Å². The molecule has 4 nitrogen and oxygen atoms in total. The highest BCUT2D eigenvalue weighted by atomic mass is 32.1. The summed E-state index contributed by atoms with van der Waals surface area (Å²) in [4.78, 5) is 14.0. The van der Waals surface area contributed by atoms with Crippen molar-refractivity contribution in [3.05, 3.63) is 40.2 Å². The predicted molar refractivity (Wildman–Crippen MR) is 91.8 cm³/mol. The van der Waals surface area contributed by atoms with Gasteiger partial charge in [0.25, 0.3) is 5.91 Å². The summed E-state index contributed by atoms with van der Waals surface area (Å²) in [5.41, 5.74) is 2.43. The highest BCUT2D eigenvalue weighted by Gasteiger charge is 2.36. The zero-order valence-electron chi connectivity index (χ0n) is 13.7. The lowest BCUT2D eigenvalue weighted by Gasteiger charge is -2.34. The van der Waals surface area contributed by atoms with E-state index in [2.05, 4.69) is 31.4 Å². The average Bonchev–Trinajstić information content (AvgIpc) is 3.12. The molecule has 2 atom stereocenters. The lowest BCUT2D eigenvalue weighted by atomic mass is 9.72. The Labute approximate surface area is 140 Å². The van der Waals surface area contributed by atoms with Crippen molar-refractivity contribution in [2.45, 2.75) is 46.2 Å². The molecule has 5 heteroatoms. The van der Waals surface area contributed by atoms with Crippen molar-refractivity contribution in [3.63, 3.8) is 0 Å². The van der Waals surface area contributed by atoms with Gasteiger partial charge in [-0.05, 0) is 48.3 Å². The fourth-order valence-electron chi connectivity index (χ4n) is 3.64. The van der Waals surface area contributed by atoms with Crippen LogP contribution in [0.2, 0.25) is 0 Å². The Hall–Kier alpha value is -1.75. The summed E-state index contributed by atoms with van der Waals surface area (Å²) in [6.07, 6.45) is 4.60. The van der Waals surface area contributed by atoms with Crippen molar-refractivity contribution in [3.8, 4) is 0 Å². The smallest absolute Gasteiger partial charge is 0.256 e. The van der Waals surface area contributed by atoms with Crippen molar-refractivity contribution >= 4 is 22.2 Å². The minimum atomic E-state index is -0.275. The number of carbonyl (C=O) groups excluding carboxylic acids is 1. The van der Waals surface area contributed by atoms with Crippen molar-refractivity contribution < 1.29 is 9.21 Å². The third-order valence-corrected chi connectivity index (χ3v) is 6.28. The standard InChI is InChI=1S/C18H22N2O2S/c1-18(2,3)10-6-7-11-13(9-10)23-17-14(11)16(21)19-15(20-17)12-5-4-8-22-12/h4-5,8,10,15,20H,6-7,9H2,1-3H3,(H,19,21)/t10-,15-/m0/s1. The van der Waals surface area contributed by atoms with Crippen LogP contribution in [0, 0.1) is 11.3 Å². The van der Waals surface area contributed by atoms with Crippen LogP contribution in [0.25, 0.3) is 0 Å². The van der Waals surface area contributed by atoms with Gasteiger partial charge in [-0.1, -0.05) is 20.8 Å². The highest BCUT2D eigenvalue weighted by Crippen LogP contribution is 2.45. The second kappa shape index (κ2) is 5.13. The Balaban J connectivity index is 1.66. The molecule has 23 heavy (non-hydrogen) atoms. The molecule has 0 spiro atoms. The molecule has 0 saturated carbocycles. The third kappa shape index (κ3) is 2.47. The monoisotopic (exact) mass is 330 g/mol. The zero-order chi connectivity index (χ0) is 16.2. The molecule has 1 aliphatic carbocycles. The van der Waals surface area contributed by atoms with Gasteiger partial charge in [0, 0.05) is 4.88 Å². The first kappa shape index (κ1) is 14.8. The van der Waals surface area contributed by atoms with E-state index in [1.165, 1.54) is 10.4 Å². The SMILES string of the molecule is CC(C)(C)[C@H]1CCc2c(sc3c2C(=O)N[C@H](c2ccco2)N3)C1. The third-order valence-electron chi connectivity index (χ3n) is 5.10. The van der Waals surface area contributed by atoms with Crippen LogP contribution >= 0.6 is 11.3 Å². The average molecular weight is 330 g/mol. The molecule has 0 aromatic carbocycles. The summed E-state index contributed by atoms with van der Waals surface area (Å²) < 4.78 is 5.43. The lowest BCUT2D eigenvalue weighted by molar-refractivity contribution is 0.0930. The number of furan rings is 1. The van der Waals surface area contributed by atoms with Gasteiger partial charge in [-0.3, -0.25) is 4.79 Å². The molecule has 0 unspecified atom stereocenters. The van der Waals surface area contributed by atoms with Crippen LogP contribution < -0.4 is 10.6 Å². The van der Waals surface area contributed by atoms with Gasteiger partial charge in [0.05, 0.1) is 11.8 Å². The minimum Gasteiger partial charge on any atom is -0.465 e. The van der Waals surface area contributed by atoms with Crippen molar-refractivity contribution in [1.29, 1.82) is 0 Å². The van der Waals surface area contributed by atoms with E-state index in [0.29, 0.717) is 11.3 Å². The van der Waals surface area contributed by atoms with Gasteiger partial charge in [-0.15, -0.1) is 11.3 Å². The van der Waals surface area contributed by atoms with Crippen LogP contribution in [0.5, 0.6) is 0 Å². The molecule has 2 aromatic rings. The lowest BCUT2D eigenvalue weighted by Crippen LogP contribution is -2.38. The van der Waals surface area contributed by atoms with E-state index >= 15 is 0 Å². The largest absolute Gasteiger partial charge is 0.465 e. The normalized spacial score (nSPS) is 23.7. The van der Waals surface area contributed by atoms with Crippen LogP contribution in [-0.2, 0) is 12.8 Å². The molecule has 2 aromatic heterocycles. The van der Waals surface area contributed by atoms with E-state index in [4.69, 9.17) is 4.42 Å². The topological polar surface area (TPSA) is 54.3 Å². The fourth-order valence-corrected chi connectivity index (χ4v) is 4.99. The molecule has 0 saturated heterocycles. The molecular formula is C18H22N2O2S. The molecule has 3 heterocycles. The van der Waals surface area contributed by atoms with Crippen LogP contribution in [-0.4, -0.2) is 5.91 Å². The van der Waals surface area contributed by atoms with Crippen molar-refractivity contribution in [2.24, 2.45) is 11.3 Å². The molecule has 2 aliphatic rings. The number of nitrogens with one attached hydrogen (secondary N) is 2. The zero-order valence-corrected chi connectivity index (χ0v) is 14.5. The van der Waals surface area contributed by atoms with Gasteiger partial charge in [0.2, 0.25) is 0 Å². The first-order valence-electron chi connectivity index (χ1n) is 8.19. The maximum Gasteiger partial charge on any atom is 0.256 e. The summed E-state index contributed by atoms with van der Waals surface area (Å²) >= 11 is 1.75. The number of thiophene rings is 1.